The second kappa shape index (κ2) is 4.87. The predicted molar refractivity (Wildman–Crippen MR) is 71.1 cm³/mol. The normalized spacial score (nSPS) is 38.5. The van der Waals surface area contributed by atoms with E-state index in [2.05, 4.69) is 24.1 Å². The number of likely N-dealkylation sites (tertiary alicyclic amines) is 1. The molecule has 2 rings (SSSR count). The minimum Gasteiger partial charge on any atom is -0.394 e. The molecule has 0 bridgehead atoms. The Morgan fingerprint density at radius 1 is 1.35 bits per heavy atom. The van der Waals surface area contributed by atoms with Crippen LogP contribution >= 0.6 is 0 Å². The van der Waals surface area contributed by atoms with Crippen LogP contribution < -0.4 is 5.32 Å². The number of aliphatic hydroxyl groups is 1. The molecule has 3 heteroatoms. The fourth-order valence-electron chi connectivity index (χ4n) is 3.56. The Kier molecular flexibility index (Phi) is 3.81. The second-order valence-corrected chi connectivity index (χ2v) is 6.82. The van der Waals surface area contributed by atoms with Gasteiger partial charge >= 0.3 is 0 Å². The first-order chi connectivity index (χ1) is 8.00. The Labute approximate surface area is 106 Å². The van der Waals surface area contributed by atoms with E-state index >= 15 is 0 Å². The van der Waals surface area contributed by atoms with Crippen LogP contribution in [0.15, 0.2) is 0 Å². The fraction of sp³-hybridized carbons (Fsp3) is 1.00. The molecule has 0 radical (unpaired) electrons. The fourth-order valence-corrected chi connectivity index (χ4v) is 3.56. The quantitative estimate of drug-likeness (QED) is 0.787. The molecule has 1 aliphatic heterocycles. The van der Waals surface area contributed by atoms with E-state index in [4.69, 9.17) is 0 Å². The zero-order valence-corrected chi connectivity index (χ0v) is 11.6. The maximum absolute atomic E-state index is 9.62. The lowest BCUT2D eigenvalue weighted by Gasteiger charge is -2.43. The van der Waals surface area contributed by atoms with Crippen molar-refractivity contribution in [1.82, 2.24) is 10.2 Å². The van der Waals surface area contributed by atoms with Gasteiger partial charge in [-0.1, -0.05) is 13.8 Å². The maximum Gasteiger partial charge on any atom is 0.0613 e. The van der Waals surface area contributed by atoms with Crippen LogP contribution in [0.4, 0.5) is 0 Å². The first kappa shape index (κ1) is 13.3. The molecule has 0 aromatic rings. The minimum atomic E-state index is -0.0182. The second-order valence-electron chi connectivity index (χ2n) is 6.82. The summed E-state index contributed by atoms with van der Waals surface area (Å²) in [6.45, 7) is 7.48. The van der Waals surface area contributed by atoms with E-state index < -0.39 is 0 Å². The van der Waals surface area contributed by atoms with Gasteiger partial charge in [0.25, 0.3) is 0 Å². The summed E-state index contributed by atoms with van der Waals surface area (Å²) in [4.78, 5) is 2.65. The lowest BCUT2D eigenvalue weighted by Crippen LogP contribution is -2.54. The van der Waals surface area contributed by atoms with Crippen LogP contribution in [0.25, 0.3) is 0 Å². The van der Waals surface area contributed by atoms with E-state index in [0.29, 0.717) is 11.5 Å². The summed E-state index contributed by atoms with van der Waals surface area (Å²) in [5.74, 6) is 0. The molecule has 2 fully saturated rings. The number of aliphatic hydroxyl groups excluding tert-OH is 1. The predicted octanol–water partition coefficient (Wildman–Crippen LogP) is 1.61. The molecule has 0 aromatic carbocycles. The molecule has 0 amide bonds. The van der Waals surface area contributed by atoms with Crippen LogP contribution in [0.5, 0.6) is 0 Å². The molecular formula is C14H28N2O. The zero-order valence-electron chi connectivity index (χ0n) is 11.6. The van der Waals surface area contributed by atoms with Gasteiger partial charge in [0.1, 0.15) is 0 Å². The van der Waals surface area contributed by atoms with Crippen molar-refractivity contribution in [2.45, 2.75) is 57.5 Å². The lowest BCUT2D eigenvalue weighted by molar-refractivity contribution is 0.0701. The van der Waals surface area contributed by atoms with Gasteiger partial charge in [-0.15, -0.1) is 0 Å². The highest BCUT2D eigenvalue weighted by Gasteiger charge is 2.40. The number of hydrogen-bond donors (Lipinski definition) is 2. The first-order valence-electron chi connectivity index (χ1n) is 7.04. The molecule has 17 heavy (non-hydrogen) atoms. The van der Waals surface area contributed by atoms with E-state index in [0.717, 1.165) is 12.8 Å². The third-order valence-corrected chi connectivity index (χ3v) is 4.88. The highest BCUT2D eigenvalue weighted by atomic mass is 16.3. The molecule has 2 aliphatic rings. The Balaban J connectivity index is 1.98. The Morgan fingerprint density at radius 3 is 2.65 bits per heavy atom. The average molecular weight is 240 g/mol. The summed E-state index contributed by atoms with van der Waals surface area (Å²) in [6.07, 6.45) is 6.08. The van der Waals surface area contributed by atoms with Crippen LogP contribution in [0, 0.1) is 5.41 Å². The van der Waals surface area contributed by atoms with E-state index in [1.54, 1.807) is 0 Å². The maximum atomic E-state index is 9.62. The molecule has 0 aromatic heterocycles. The van der Waals surface area contributed by atoms with Gasteiger partial charge in [-0.05, 0) is 51.1 Å². The summed E-state index contributed by atoms with van der Waals surface area (Å²) in [5, 5.41) is 13.0. The number of rotatable bonds is 3. The summed E-state index contributed by atoms with van der Waals surface area (Å²) in [5.41, 5.74) is 0.467. The third kappa shape index (κ3) is 2.83. The lowest BCUT2D eigenvalue weighted by atomic mass is 9.79. The zero-order chi connectivity index (χ0) is 12.5. The van der Waals surface area contributed by atoms with Crippen molar-refractivity contribution >= 4 is 0 Å². The van der Waals surface area contributed by atoms with Crippen LogP contribution in [0.3, 0.4) is 0 Å². The van der Waals surface area contributed by atoms with Crippen molar-refractivity contribution in [2.24, 2.45) is 5.41 Å². The molecule has 1 aliphatic carbocycles. The molecule has 1 saturated carbocycles. The molecule has 2 N–H and O–H groups in total. The number of nitrogens with zero attached hydrogens (tertiary/aromatic N) is 1. The van der Waals surface area contributed by atoms with Crippen LogP contribution in [0.2, 0.25) is 0 Å². The monoisotopic (exact) mass is 240 g/mol. The molecule has 100 valence electrons. The van der Waals surface area contributed by atoms with Crippen LogP contribution in [-0.4, -0.2) is 48.3 Å². The van der Waals surface area contributed by atoms with Crippen molar-refractivity contribution in [1.29, 1.82) is 0 Å². The van der Waals surface area contributed by atoms with Gasteiger partial charge < -0.3 is 10.4 Å². The number of hydrogen-bond acceptors (Lipinski definition) is 3. The molecule has 2 atom stereocenters. The van der Waals surface area contributed by atoms with Gasteiger partial charge in [0, 0.05) is 18.1 Å². The van der Waals surface area contributed by atoms with Crippen molar-refractivity contribution in [3.63, 3.8) is 0 Å². The van der Waals surface area contributed by atoms with Gasteiger partial charge in [-0.2, -0.15) is 0 Å². The SMILES string of the molecule is CNC1(CO)CCCC(N2CCC(C)(C)C2)C1. The molecule has 3 nitrogen and oxygen atoms in total. The third-order valence-electron chi connectivity index (χ3n) is 4.88. The number of likely N-dealkylation sites (N-methyl/N-ethyl adjacent to an activating group) is 1. The highest BCUT2D eigenvalue weighted by molar-refractivity contribution is 4.97. The number of nitrogens with one attached hydrogen (secondary N) is 1. The Hall–Kier alpha value is -0.120. The van der Waals surface area contributed by atoms with Crippen molar-refractivity contribution < 1.29 is 5.11 Å². The van der Waals surface area contributed by atoms with Crippen LogP contribution in [0.1, 0.15) is 46.0 Å². The van der Waals surface area contributed by atoms with Gasteiger partial charge in [0.05, 0.1) is 6.61 Å². The van der Waals surface area contributed by atoms with E-state index in [-0.39, 0.29) is 12.1 Å². The minimum absolute atomic E-state index is 0.0182. The largest absolute Gasteiger partial charge is 0.394 e. The molecule has 1 saturated heterocycles. The summed E-state index contributed by atoms with van der Waals surface area (Å²) >= 11 is 0. The Bertz CT molecular complexity index is 261. The molecule has 2 unspecified atom stereocenters. The van der Waals surface area contributed by atoms with Crippen molar-refractivity contribution in [2.75, 3.05) is 26.7 Å². The summed E-state index contributed by atoms with van der Waals surface area (Å²) in [6, 6.07) is 0.671. The molecule has 1 heterocycles. The van der Waals surface area contributed by atoms with Gasteiger partial charge in [-0.25, -0.2) is 0 Å². The average Bonchev–Trinajstić information content (AvgIpc) is 2.70. The van der Waals surface area contributed by atoms with Crippen molar-refractivity contribution in [3.05, 3.63) is 0 Å². The molecule has 0 spiro atoms. The van der Waals surface area contributed by atoms with Crippen LogP contribution in [-0.2, 0) is 0 Å². The van der Waals surface area contributed by atoms with Gasteiger partial charge in [0.15, 0.2) is 0 Å². The van der Waals surface area contributed by atoms with E-state index in [1.807, 2.05) is 7.05 Å². The first-order valence-corrected chi connectivity index (χ1v) is 7.04. The van der Waals surface area contributed by atoms with Gasteiger partial charge in [0.2, 0.25) is 0 Å². The smallest absolute Gasteiger partial charge is 0.0613 e. The standard InChI is InChI=1S/C14H28N2O/c1-13(2)7-8-16(10-13)12-5-4-6-14(9-12,11-17)15-3/h12,15,17H,4-11H2,1-3H3. The van der Waals surface area contributed by atoms with Crippen molar-refractivity contribution in [3.8, 4) is 0 Å². The molecular weight excluding hydrogens is 212 g/mol. The van der Waals surface area contributed by atoms with E-state index in [1.165, 1.54) is 32.4 Å². The van der Waals surface area contributed by atoms with Gasteiger partial charge in [-0.3, -0.25) is 4.90 Å². The topological polar surface area (TPSA) is 35.5 Å². The van der Waals surface area contributed by atoms with E-state index in [9.17, 15) is 5.11 Å². The highest BCUT2D eigenvalue weighted by Crippen LogP contribution is 2.36. The Morgan fingerprint density at radius 2 is 2.12 bits per heavy atom. The summed E-state index contributed by atoms with van der Waals surface area (Å²) in [7, 11) is 1.99. The summed E-state index contributed by atoms with van der Waals surface area (Å²) < 4.78 is 0.